The number of fused-ring (bicyclic) bond motifs is 2. The molecule has 0 saturated carbocycles. The SMILES string of the molecule is CC(C)(C)OC(=O)N1CCCC1CN1CC2CN(CCOc3ccc(C#N)cc3)CC(C1)O2. The van der Waals surface area contributed by atoms with Crippen LogP contribution in [0.2, 0.25) is 0 Å². The Morgan fingerprint density at radius 1 is 1.12 bits per heavy atom. The summed E-state index contributed by atoms with van der Waals surface area (Å²) in [6.07, 6.45) is 2.25. The topological polar surface area (TPSA) is 78.3 Å². The molecule has 1 aromatic carbocycles. The number of hydrogen-bond donors (Lipinski definition) is 0. The molecule has 1 amide bonds. The summed E-state index contributed by atoms with van der Waals surface area (Å²) in [4.78, 5) is 19.4. The van der Waals surface area contributed by atoms with E-state index in [2.05, 4.69) is 15.9 Å². The number of morpholine rings is 2. The fourth-order valence-electron chi connectivity index (χ4n) is 5.00. The van der Waals surface area contributed by atoms with Gasteiger partial charge in [-0.05, 0) is 57.9 Å². The average Bonchev–Trinajstić information content (AvgIpc) is 3.21. The van der Waals surface area contributed by atoms with Gasteiger partial charge in [0.25, 0.3) is 0 Å². The Bertz CT molecular complexity index is 833. The van der Waals surface area contributed by atoms with Gasteiger partial charge < -0.3 is 19.1 Å². The van der Waals surface area contributed by atoms with Crippen LogP contribution in [0.15, 0.2) is 24.3 Å². The molecule has 8 nitrogen and oxygen atoms in total. The van der Waals surface area contributed by atoms with Crippen molar-refractivity contribution in [2.24, 2.45) is 0 Å². The minimum Gasteiger partial charge on any atom is -0.492 e. The first-order valence-corrected chi connectivity index (χ1v) is 12.0. The molecule has 3 fully saturated rings. The van der Waals surface area contributed by atoms with Crippen molar-refractivity contribution < 1.29 is 19.0 Å². The zero-order valence-corrected chi connectivity index (χ0v) is 20.0. The maximum atomic E-state index is 12.6. The van der Waals surface area contributed by atoms with E-state index in [1.807, 2.05) is 37.8 Å². The average molecular weight is 457 g/mol. The van der Waals surface area contributed by atoms with E-state index in [-0.39, 0.29) is 24.3 Å². The van der Waals surface area contributed by atoms with E-state index in [0.717, 1.165) is 64.4 Å². The fraction of sp³-hybridized carbons (Fsp3) is 0.680. The second kappa shape index (κ2) is 10.3. The first kappa shape index (κ1) is 23.8. The Labute approximate surface area is 197 Å². The summed E-state index contributed by atoms with van der Waals surface area (Å²) in [6, 6.07) is 9.57. The van der Waals surface area contributed by atoms with Crippen molar-refractivity contribution in [3.8, 4) is 11.8 Å². The van der Waals surface area contributed by atoms with E-state index in [0.29, 0.717) is 12.2 Å². The molecule has 8 heteroatoms. The summed E-state index contributed by atoms with van der Waals surface area (Å²) >= 11 is 0. The van der Waals surface area contributed by atoms with Crippen LogP contribution in [0, 0.1) is 11.3 Å². The lowest BCUT2D eigenvalue weighted by molar-refractivity contribution is -0.141. The van der Waals surface area contributed by atoms with Gasteiger partial charge in [-0.3, -0.25) is 9.80 Å². The zero-order valence-electron chi connectivity index (χ0n) is 20.0. The standard InChI is InChI=1S/C25H36N4O4/c1-25(2,3)33-24(30)29-10-4-5-20(29)14-28-17-22-15-27(16-23(18-28)32-22)11-12-31-21-8-6-19(13-26)7-9-21/h6-9,20,22-23H,4-5,10-12,14-18H2,1-3H3. The number of carbonyl (C=O) groups excluding carboxylic acids is 1. The number of nitrogens with zero attached hydrogens (tertiary/aromatic N) is 4. The summed E-state index contributed by atoms with van der Waals surface area (Å²) in [7, 11) is 0. The van der Waals surface area contributed by atoms with E-state index < -0.39 is 5.60 Å². The third kappa shape index (κ3) is 6.59. The molecule has 3 aliphatic rings. The van der Waals surface area contributed by atoms with Crippen LogP contribution in [-0.2, 0) is 9.47 Å². The minimum atomic E-state index is -0.465. The van der Waals surface area contributed by atoms with Gasteiger partial charge in [-0.15, -0.1) is 0 Å². The molecule has 0 aromatic heterocycles. The van der Waals surface area contributed by atoms with Crippen LogP contribution in [-0.4, -0.2) is 97.1 Å². The van der Waals surface area contributed by atoms with Gasteiger partial charge in [-0.2, -0.15) is 5.26 Å². The van der Waals surface area contributed by atoms with Crippen LogP contribution in [0.1, 0.15) is 39.2 Å². The Kier molecular flexibility index (Phi) is 7.42. The molecule has 3 atom stereocenters. The van der Waals surface area contributed by atoms with Crippen molar-refractivity contribution in [3.05, 3.63) is 29.8 Å². The van der Waals surface area contributed by atoms with Crippen LogP contribution in [0.25, 0.3) is 0 Å². The third-order valence-corrected chi connectivity index (χ3v) is 6.37. The molecule has 0 spiro atoms. The van der Waals surface area contributed by atoms with Crippen molar-refractivity contribution in [1.82, 2.24) is 14.7 Å². The maximum Gasteiger partial charge on any atom is 0.410 e. The van der Waals surface area contributed by atoms with E-state index >= 15 is 0 Å². The molecule has 4 rings (SSSR count). The highest BCUT2D eigenvalue weighted by Crippen LogP contribution is 2.25. The summed E-state index contributed by atoms with van der Waals surface area (Å²) in [5.74, 6) is 0.791. The monoisotopic (exact) mass is 456 g/mol. The Balaban J connectivity index is 1.22. The molecular weight excluding hydrogens is 420 g/mol. The van der Waals surface area contributed by atoms with Crippen LogP contribution in [0.3, 0.4) is 0 Å². The van der Waals surface area contributed by atoms with Crippen molar-refractivity contribution in [2.45, 2.75) is 57.5 Å². The van der Waals surface area contributed by atoms with Crippen LogP contribution in [0.4, 0.5) is 4.79 Å². The van der Waals surface area contributed by atoms with E-state index in [1.54, 1.807) is 12.1 Å². The van der Waals surface area contributed by atoms with Crippen LogP contribution >= 0.6 is 0 Å². The maximum absolute atomic E-state index is 12.6. The molecule has 3 aliphatic heterocycles. The zero-order chi connectivity index (χ0) is 23.4. The summed E-state index contributed by atoms with van der Waals surface area (Å²) in [5, 5.41) is 8.89. The third-order valence-electron chi connectivity index (χ3n) is 6.37. The first-order chi connectivity index (χ1) is 15.8. The quantitative estimate of drug-likeness (QED) is 0.651. The number of benzene rings is 1. The number of nitriles is 1. The second-order valence-corrected chi connectivity index (χ2v) is 10.3. The Morgan fingerprint density at radius 2 is 1.79 bits per heavy atom. The van der Waals surface area contributed by atoms with E-state index in [1.165, 1.54) is 0 Å². The number of carbonyl (C=O) groups is 1. The second-order valence-electron chi connectivity index (χ2n) is 10.3. The van der Waals surface area contributed by atoms with E-state index in [9.17, 15) is 4.79 Å². The lowest BCUT2D eigenvalue weighted by Crippen LogP contribution is -2.61. The molecule has 3 heterocycles. The van der Waals surface area contributed by atoms with Crippen LogP contribution in [0.5, 0.6) is 5.75 Å². The lowest BCUT2D eigenvalue weighted by atomic mass is 10.1. The smallest absolute Gasteiger partial charge is 0.410 e. The largest absolute Gasteiger partial charge is 0.492 e. The number of hydrogen-bond acceptors (Lipinski definition) is 7. The fourth-order valence-corrected chi connectivity index (χ4v) is 5.00. The molecule has 180 valence electrons. The van der Waals surface area contributed by atoms with Gasteiger partial charge in [0, 0.05) is 51.9 Å². The summed E-state index contributed by atoms with van der Waals surface area (Å²) in [6.45, 7) is 12.5. The molecular formula is C25H36N4O4. The van der Waals surface area contributed by atoms with Gasteiger partial charge in [0.2, 0.25) is 0 Å². The Hall–Kier alpha value is -2.34. The van der Waals surface area contributed by atoms with Gasteiger partial charge in [0.05, 0.1) is 23.8 Å². The van der Waals surface area contributed by atoms with Crippen molar-refractivity contribution >= 4 is 6.09 Å². The number of rotatable bonds is 6. The number of amides is 1. The minimum absolute atomic E-state index is 0.184. The highest BCUT2D eigenvalue weighted by atomic mass is 16.6. The highest BCUT2D eigenvalue weighted by molar-refractivity contribution is 5.69. The van der Waals surface area contributed by atoms with Gasteiger partial charge in [0.1, 0.15) is 18.0 Å². The van der Waals surface area contributed by atoms with Crippen molar-refractivity contribution in [2.75, 3.05) is 52.4 Å². The predicted molar refractivity (Wildman–Crippen MR) is 124 cm³/mol. The molecule has 1 aromatic rings. The van der Waals surface area contributed by atoms with Gasteiger partial charge >= 0.3 is 6.09 Å². The van der Waals surface area contributed by atoms with Crippen molar-refractivity contribution in [3.63, 3.8) is 0 Å². The number of ether oxygens (including phenoxy) is 3. The molecule has 2 bridgehead atoms. The van der Waals surface area contributed by atoms with Gasteiger partial charge in [-0.25, -0.2) is 4.79 Å². The lowest BCUT2D eigenvalue weighted by Gasteiger charge is -2.46. The van der Waals surface area contributed by atoms with E-state index in [4.69, 9.17) is 19.5 Å². The van der Waals surface area contributed by atoms with Crippen LogP contribution < -0.4 is 4.74 Å². The predicted octanol–water partition coefficient (Wildman–Crippen LogP) is 2.72. The summed E-state index contributed by atoms with van der Waals surface area (Å²) in [5.41, 5.74) is 0.174. The van der Waals surface area contributed by atoms with Gasteiger partial charge in [-0.1, -0.05) is 0 Å². The molecule has 3 saturated heterocycles. The molecule has 0 aliphatic carbocycles. The Morgan fingerprint density at radius 3 is 2.42 bits per heavy atom. The molecule has 0 N–H and O–H groups in total. The summed E-state index contributed by atoms with van der Waals surface area (Å²) < 4.78 is 17.7. The molecule has 3 unspecified atom stereocenters. The molecule has 0 radical (unpaired) electrons. The van der Waals surface area contributed by atoms with Crippen molar-refractivity contribution in [1.29, 1.82) is 5.26 Å². The number of likely N-dealkylation sites (tertiary alicyclic amines) is 1. The first-order valence-electron chi connectivity index (χ1n) is 12.0. The molecule has 33 heavy (non-hydrogen) atoms. The highest BCUT2D eigenvalue weighted by Gasteiger charge is 2.38. The van der Waals surface area contributed by atoms with Gasteiger partial charge in [0.15, 0.2) is 0 Å². The normalized spacial score (nSPS) is 26.1.